The minimum absolute atomic E-state index is 0.0576. The van der Waals surface area contributed by atoms with Crippen LogP contribution in [0.25, 0.3) is 0 Å². The monoisotopic (exact) mass is 312 g/mol. The second-order valence-electron chi connectivity index (χ2n) is 5.65. The average Bonchev–Trinajstić information content (AvgIpc) is 2.97. The van der Waals surface area contributed by atoms with Gasteiger partial charge in [-0.1, -0.05) is 22.4 Å². The minimum atomic E-state index is -0.163. The molecule has 1 aromatic carbocycles. The second-order valence-corrected chi connectivity index (χ2v) is 6.56. The van der Waals surface area contributed by atoms with E-state index in [0.29, 0.717) is 11.5 Å². The molecule has 2 bridgehead atoms. The first kappa shape index (κ1) is 12.6. The Bertz CT molecular complexity index is 451. The van der Waals surface area contributed by atoms with Crippen molar-refractivity contribution in [1.29, 1.82) is 0 Å². The summed E-state index contributed by atoms with van der Waals surface area (Å²) < 4.78 is 14.9. The molecule has 18 heavy (non-hydrogen) atoms. The van der Waals surface area contributed by atoms with Crippen LogP contribution in [0.3, 0.4) is 0 Å². The van der Waals surface area contributed by atoms with Gasteiger partial charge in [-0.2, -0.15) is 0 Å². The molecule has 0 spiro atoms. The van der Waals surface area contributed by atoms with Gasteiger partial charge in [0.1, 0.15) is 5.82 Å². The van der Waals surface area contributed by atoms with Crippen LogP contribution in [0.1, 0.15) is 37.3 Å². The molecule has 98 valence electrons. The lowest BCUT2D eigenvalue weighted by atomic mass is 9.80. The molecule has 0 saturated heterocycles. The summed E-state index contributed by atoms with van der Waals surface area (Å²) in [4.78, 5) is 0. The lowest BCUT2D eigenvalue weighted by Crippen LogP contribution is -2.36. The van der Waals surface area contributed by atoms with E-state index in [9.17, 15) is 4.39 Å². The SMILES string of the molecule is NNC(c1cc(Br)ccc1F)C1CC2CCC1C2. The summed E-state index contributed by atoms with van der Waals surface area (Å²) in [6.07, 6.45) is 5.12. The molecule has 2 saturated carbocycles. The fourth-order valence-electron chi connectivity index (χ4n) is 3.90. The summed E-state index contributed by atoms with van der Waals surface area (Å²) in [6, 6.07) is 5.04. The van der Waals surface area contributed by atoms with E-state index in [2.05, 4.69) is 21.4 Å². The molecular formula is C14H18BrFN2. The van der Waals surface area contributed by atoms with Gasteiger partial charge in [0.2, 0.25) is 0 Å². The van der Waals surface area contributed by atoms with Crippen molar-refractivity contribution >= 4 is 15.9 Å². The van der Waals surface area contributed by atoms with Crippen LogP contribution in [0.4, 0.5) is 4.39 Å². The van der Waals surface area contributed by atoms with E-state index in [4.69, 9.17) is 5.84 Å². The van der Waals surface area contributed by atoms with E-state index in [1.165, 1.54) is 31.7 Å². The molecule has 2 aliphatic carbocycles. The first-order valence-corrected chi connectivity index (χ1v) is 7.39. The van der Waals surface area contributed by atoms with Crippen molar-refractivity contribution in [3.05, 3.63) is 34.1 Å². The van der Waals surface area contributed by atoms with Crippen LogP contribution in [0, 0.1) is 23.6 Å². The normalized spacial score (nSPS) is 31.8. The molecular weight excluding hydrogens is 295 g/mol. The molecule has 4 heteroatoms. The van der Waals surface area contributed by atoms with Gasteiger partial charge in [0.15, 0.2) is 0 Å². The maximum Gasteiger partial charge on any atom is 0.128 e. The summed E-state index contributed by atoms with van der Waals surface area (Å²) in [5, 5.41) is 0. The van der Waals surface area contributed by atoms with Gasteiger partial charge in [-0.25, -0.2) is 4.39 Å². The number of halogens is 2. The summed E-state index contributed by atoms with van der Waals surface area (Å²) >= 11 is 3.41. The lowest BCUT2D eigenvalue weighted by Gasteiger charge is -2.30. The van der Waals surface area contributed by atoms with Crippen molar-refractivity contribution in [3.63, 3.8) is 0 Å². The maximum atomic E-state index is 14.0. The van der Waals surface area contributed by atoms with Crippen LogP contribution in [0.15, 0.2) is 22.7 Å². The number of fused-ring (bicyclic) bond motifs is 2. The molecule has 1 aromatic rings. The van der Waals surface area contributed by atoms with E-state index in [1.807, 2.05) is 6.07 Å². The Morgan fingerprint density at radius 3 is 2.78 bits per heavy atom. The Labute approximate surface area is 115 Å². The lowest BCUT2D eigenvalue weighted by molar-refractivity contribution is 0.248. The Balaban J connectivity index is 1.90. The molecule has 0 aliphatic heterocycles. The predicted octanol–water partition coefficient (Wildman–Crippen LogP) is 3.53. The number of rotatable bonds is 3. The Hall–Kier alpha value is -0.450. The average molecular weight is 313 g/mol. The van der Waals surface area contributed by atoms with E-state index < -0.39 is 0 Å². The van der Waals surface area contributed by atoms with Crippen molar-refractivity contribution in [2.24, 2.45) is 23.6 Å². The zero-order valence-corrected chi connectivity index (χ0v) is 11.8. The second kappa shape index (κ2) is 4.91. The van der Waals surface area contributed by atoms with Gasteiger partial charge in [-0.05, 0) is 55.2 Å². The highest BCUT2D eigenvalue weighted by atomic mass is 79.9. The van der Waals surface area contributed by atoms with Crippen molar-refractivity contribution in [1.82, 2.24) is 5.43 Å². The number of nitrogens with one attached hydrogen (secondary N) is 1. The van der Waals surface area contributed by atoms with Crippen LogP contribution in [-0.2, 0) is 0 Å². The van der Waals surface area contributed by atoms with Crippen LogP contribution in [-0.4, -0.2) is 0 Å². The zero-order chi connectivity index (χ0) is 12.7. The molecule has 0 aromatic heterocycles. The van der Waals surface area contributed by atoms with Crippen LogP contribution >= 0.6 is 15.9 Å². The van der Waals surface area contributed by atoms with Gasteiger partial charge < -0.3 is 0 Å². The molecule has 4 atom stereocenters. The molecule has 0 heterocycles. The molecule has 3 N–H and O–H groups in total. The van der Waals surface area contributed by atoms with Crippen molar-refractivity contribution < 1.29 is 4.39 Å². The minimum Gasteiger partial charge on any atom is -0.271 e. The molecule has 2 fully saturated rings. The van der Waals surface area contributed by atoms with E-state index in [1.54, 1.807) is 6.07 Å². The number of nitrogens with two attached hydrogens (primary N) is 1. The fourth-order valence-corrected chi connectivity index (χ4v) is 4.28. The molecule has 2 aliphatic rings. The van der Waals surface area contributed by atoms with E-state index >= 15 is 0 Å². The van der Waals surface area contributed by atoms with Gasteiger partial charge in [0.05, 0.1) is 6.04 Å². The predicted molar refractivity (Wildman–Crippen MR) is 73.1 cm³/mol. The third kappa shape index (κ3) is 2.10. The largest absolute Gasteiger partial charge is 0.271 e. The summed E-state index contributed by atoms with van der Waals surface area (Å²) in [6.45, 7) is 0. The van der Waals surface area contributed by atoms with Crippen LogP contribution < -0.4 is 11.3 Å². The topological polar surface area (TPSA) is 38.0 Å². The van der Waals surface area contributed by atoms with Gasteiger partial charge in [-0.15, -0.1) is 0 Å². The molecule has 4 unspecified atom stereocenters. The number of hydrazine groups is 1. The highest BCUT2D eigenvalue weighted by molar-refractivity contribution is 9.10. The highest BCUT2D eigenvalue weighted by Gasteiger charge is 2.43. The number of hydrogen-bond acceptors (Lipinski definition) is 2. The first-order valence-electron chi connectivity index (χ1n) is 6.60. The van der Waals surface area contributed by atoms with Crippen molar-refractivity contribution in [2.45, 2.75) is 31.7 Å². The summed E-state index contributed by atoms with van der Waals surface area (Å²) in [5.41, 5.74) is 3.55. The number of benzene rings is 1. The Kier molecular flexibility index (Phi) is 3.43. The molecule has 0 radical (unpaired) electrons. The van der Waals surface area contributed by atoms with Crippen molar-refractivity contribution in [3.8, 4) is 0 Å². The third-order valence-corrected chi connectivity index (χ3v) is 5.19. The van der Waals surface area contributed by atoms with E-state index in [0.717, 1.165) is 16.3 Å². The van der Waals surface area contributed by atoms with Gasteiger partial charge >= 0.3 is 0 Å². The highest BCUT2D eigenvalue weighted by Crippen LogP contribution is 2.52. The summed E-state index contributed by atoms with van der Waals surface area (Å²) in [7, 11) is 0. The quantitative estimate of drug-likeness (QED) is 0.662. The molecule has 0 amide bonds. The van der Waals surface area contributed by atoms with Gasteiger partial charge in [-0.3, -0.25) is 11.3 Å². The molecule has 3 rings (SSSR count). The Morgan fingerprint density at radius 2 is 2.17 bits per heavy atom. The molecule has 2 nitrogen and oxygen atoms in total. The van der Waals surface area contributed by atoms with Gasteiger partial charge in [0.25, 0.3) is 0 Å². The smallest absolute Gasteiger partial charge is 0.128 e. The van der Waals surface area contributed by atoms with Crippen LogP contribution in [0.5, 0.6) is 0 Å². The van der Waals surface area contributed by atoms with E-state index in [-0.39, 0.29) is 11.9 Å². The fraction of sp³-hybridized carbons (Fsp3) is 0.571. The third-order valence-electron chi connectivity index (χ3n) is 4.69. The van der Waals surface area contributed by atoms with Crippen LogP contribution in [0.2, 0.25) is 0 Å². The maximum absolute atomic E-state index is 14.0. The Morgan fingerprint density at radius 1 is 1.33 bits per heavy atom. The van der Waals surface area contributed by atoms with Crippen molar-refractivity contribution in [2.75, 3.05) is 0 Å². The first-order chi connectivity index (χ1) is 8.69. The summed E-state index contributed by atoms with van der Waals surface area (Å²) in [5.74, 6) is 7.58. The number of hydrogen-bond donors (Lipinski definition) is 2. The zero-order valence-electron chi connectivity index (χ0n) is 10.2. The standard InChI is InChI=1S/C14H18BrFN2/c15-10-3-4-13(16)12(7-10)14(18-17)11-6-8-1-2-9(11)5-8/h3-4,7-9,11,14,18H,1-2,5-6,17H2. The van der Waals surface area contributed by atoms with Gasteiger partial charge in [0, 0.05) is 10.0 Å².